The number of hydrogen-bond donors (Lipinski definition) is 1. The van der Waals surface area contributed by atoms with Crippen LogP contribution >= 0.6 is 31.9 Å². The molecule has 0 saturated carbocycles. The SMILES string of the molecule is Cc1nn(C)c(CNCCBr)c1Br. The minimum absolute atomic E-state index is 0.851. The minimum atomic E-state index is 0.851. The predicted octanol–water partition coefficient (Wildman–Crippen LogP) is 1.98. The Morgan fingerprint density at radius 1 is 1.54 bits per heavy atom. The average Bonchev–Trinajstić information content (AvgIpc) is 2.32. The highest BCUT2D eigenvalue weighted by Crippen LogP contribution is 2.19. The van der Waals surface area contributed by atoms with Crippen LogP contribution in [0, 0.1) is 6.92 Å². The highest BCUT2D eigenvalue weighted by atomic mass is 79.9. The summed E-state index contributed by atoms with van der Waals surface area (Å²) in [4.78, 5) is 0. The molecule has 0 aliphatic rings. The van der Waals surface area contributed by atoms with Gasteiger partial charge in [0, 0.05) is 25.5 Å². The fourth-order valence-corrected chi connectivity index (χ4v) is 1.90. The third-order valence-electron chi connectivity index (χ3n) is 1.83. The van der Waals surface area contributed by atoms with Gasteiger partial charge in [-0.1, -0.05) is 15.9 Å². The van der Waals surface area contributed by atoms with Gasteiger partial charge in [-0.2, -0.15) is 5.10 Å². The van der Waals surface area contributed by atoms with Gasteiger partial charge < -0.3 is 5.32 Å². The third-order valence-corrected chi connectivity index (χ3v) is 3.25. The Kier molecular flexibility index (Phi) is 4.41. The zero-order valence-electron chi connectivity index (χ0n) is 7.77. The molecule has 0 unspecified atom stereocenters. The summed E-state index contributed by atoms with van der Waals surface area (Å²) in [5.41, 5.74) is 2.23. The molecule has 1 heterocycles. The van der Waals surface area contributed by atoms with Crippen LogP contribution in [-0.4, -0.2) is 21.7 Å². The van der Waals surface area contributed by atoms with Gasteiger partial charge in [0.25, 0.3) is 0 Å². The second kappa shape index (κ2) is 5.12. The van der Waals surface area contributed by atoms with Crippen molar-refractivity contribution in [1.29, 1.82) is 0 Å². The maximum absolute atomic E-state index is 4.31. The zero-order valence-corrected chi connectivity index (χ0v) is 10.9. The van der Waals surface area contributed by atoms with E-state index in [1.54, 1.807) is 0 Å². The van der Waals surface area contributed by atoms with Gasteiger partial charge in [-0.25, -0.2) is 0 Å². The van der Waals surface area contributed by atoms with E-state index in [1.807, 2.05) is 18.7 Å². The number of rotatable bonds is 4. The summed E-state index contributed by atoms with van der Waals surface area (Å²) in [7, 11) is 1.96. The summed E-state index contributed by atoms with van der Waals surface area (Å²) in [6, 6.07) is 0. The summed E-state index contributed by atoms with van der Waals surface area (Å²) in [5, 5.41) is 8.59. The van der Waals surface area contributed by atoms with Crippen LogP contribution in [0.1, 0.15) is 11.4 Å². The van der Waals surface area contributed by atoms with Crippen molar-refractivity contribution < 1.29 is 0 Å². The van der Waals surface area contributed by atoms with Crippen LogP contribution in [0.25, 0.3) is 0 Å². The maximum atomic E-state index is 4.31. The first-order valence-corrected chi connectivity index (χ1v) is 6.03. The monoisotopic (exact) mass is 309 g/mol. The maximum Gasteiger partial charge on any atom is 0.0739 e. The summed E-state index contributed by atoms with van der Waals surface area (Å²) >= 11 is 6.89. The van der Waals surface area contributed by atoms with E-state index in [0.29, 0.717) is 0 Å². The molecule has 0 aliphatic heterocycles. The largest absolute Gasteiger partial charge is 0.310 e. The lowest BCUT2D eigenvalue weighted by Gasteiger charge is -2.03. The Labute approximate surface area is 95.1 Å². The number of aryl methyl sites for hydroxylation is 2. The molecular weight excluding hydrogens is 298 g/mol. The van der Waals surface area contributed by atoms with Crippen molar-refractivity contribution in [2.24, 2.45) is 7.05 Å². The number of nitrogens with one attached hydrogen (secondary N) is 1. The van der Waals surface area contributed by atoms with Crippen LogP contribution in [-0.2, 0) is 13.6 Å². The van der Waals surface area contributed by atoms with Crippen molar-refractivity contribution in [3.8, 4) is 0 Å². The lowest BCUT2D eigenvalue weighted by atomic mass is 10.3. The second-order valence-electron chi connectivity index (χ2n) is 2.84. The Hall–Kier alpha value is 0.130. The van der Waals surface area contributed by atoms with Crippen molar-refractivity contribution in [2.45, 2.75) is 13.5 Å². The van der Waals surface area contributed by atoms with Crippen LogP contribution in [0.15, 0.2) is 4.47 Å². The van der Waals surface area contributed by atoms with Crippen molar-refractivity contribution >= 4 is 31.9 Å². The Morgan fingerprint density at radius 2 is 2.23 bits per heavy atom. The van der Waals surface area contributed by atoms with E-state index in [4.69, 9.17) is 0 Å². The molecule has 5 heteroatoms. The van der Waals surface area contributed by atoms with Gasteiger partial charge in [0.15, 0.2) is 0 Å². The molecule has 0 amide bonds. The fraction of sp³-hybridized carbons (Fsp3) is 0.625. The summed E-state index contributed by atoms with van der Waals surface area (Å²) in [6.45, 7) is 3.82. The summed E-state index contributed by atoms with van der Waals surface area (Å²) in [6.07, 6.45) is 0. The standard InChI is InChI=1S/C8H13Br2N3/c1-6-8(10)7(13(2)12-6)5-11-4-3-9/h11H,3-5H2,1-2H3. The van der Waals surface area contributed by atoms with E-state index in [1.165, 1.54) is 5.69 Å². The molecule has 1 N–H and O–H groups in total. The van der Waals surface area contributed by atoms with Crippen molar-refractivity contribution in [3.63, 3.8) is 0 Å². The normalized spacial score (nSPS) is 10.8. The van der Waals surface area contributed by atoms with E-state index in [2.05, 4.69) is 42.3 Å². The van der Waals surface area contributed by atoms with Crippen molar-refractivity contribution in [2.75, 3.05) is 11.9 Å². The fourth-order valence-electron chi connectivity index (χ4n) is 1.15. The molecule has 74 valence electrons. The molecule has 1 aromatic heterocycles. The van der Waals surface area contributed by atoms with E-state index in [-0.39, 0.29) is 0 Å². The van der Waals surface area contributed by atoms with Crippen LogP contribution in [0.5, 0.6) is 0 Å². The van der Waals surface area contributed by atoms with Gasteiger partial charge in [-0.05, 0) is 22.9 Å². The molecule has 0 spiro atoms. The van der Waals surface area contributed by atoms with Gasteiger partial charge in [0.1, 0.15) is 0 Å². The molecule has 1 rings (SSSR count). The first kappa shape index (κ1) is 11.2. The predicted molar refractivity (Wildman–Crippen MR) is 61.1 cm³/mol. The lowest BCUT2D eigenvalue weighted by molar-refractivity contribution is 0.642. The van der Waals surface area contributed by atoms with Gasteiger partial charge in [-0.15, -0.1) is 0 Å². The Morgan fingerprint density at radius 3 is 2.69 bits per heavy atom. The number of hydrogen-bond acceptors (Lipinski definition) is 2. The minimum Gasteiger partial charge on any atom is -0.310 e. The molecule has 0 fully saturated rings. The first-order valence-electron chi connectivity index (χ1n) is 4.11. The van der Waals surface area contributed by atoms with Gasteiger partial charge in [-0.3, -0.25) is 4.68 Å². The number of halogens is 2. The summed E-state index contributed by atoms with van der Waals surface area (Å²) in [5.74, 6) is 0. The van der Waals surface area contributed by atoms with E-state index < -0.39 is 0 Å². The van der Waals surface area contributed by atoms with E-state index in [9.17, 15) is 0 Å². The molecule has 0 bridgehead atoms. The Balaban J connectivity index is 2.64. The van der Waals surface area contributed by atoms with Crippen LogP contribution < -0.4 is 5.32 Å². The van der Waals surface area contributed by atoms with Crippen molar-refractivity contribution in [3.05, 3.63) is 15.9 Å². The molecule has 0 saturated heterocycles. The van der Waals surface area contributed by atoms with Gasteiger partial charge >= 0.3 is 0 Å². The highest BCUT2D eigenvalue weighted by Gasteiger charge is 2.08. The molecule has 1 aromatic rings. The quantitative estimate of drug-likeness (QED) is 0.681. The lowest BCUT2D eigenvalue weighted by Crippen LogP contribution is -2.17. The second-order valence-corrected chi connectivity index (χ2v) is 4.42. The Bertz CT molecular complexity index is 283. The molecule has 13 heavy (non-hydrogen) atoms. The van der Waals surface area contributed by atoms with Crippen LogP contribution in [0.2, 0.25) is 0 Å². The number of aromatic nitrogens is 2. The molecule has 0 aliphatic carbocycles. The highest BCUT2D eigenvalue weighted by molar-refractivity contribution is 9.10. The first-order chi connectivity index (χ1) is 6.16. The topological polar surface area (TPSA) is 29.9 Å². The van der Waals surface area contributed by atoms with Gasteiger partial charge in [0.05, 0.1) is 15.9 Å². The molecule has 0 radical (unpaired) electrons. The number of alkyl halides is 1. The van der Waals surface area contributed by atoms with E-state index in [0.717, 1.165) is 28.6 Å². The van der Waals surface area contributed by atoms with Crippen LogP contribution in [0.4, 0.5) is 0 Å². The molecular formula is C8H13Br2N3. The third kappa shape index (κ3) is 2.79. The molecule has 0 aromatic carbocycles. The average molecular weight is 311 g/mol. The van der Waals surface area contributed by atoms with Gasteiger partial charge in [0.2, 0.25) is 0 Å². The number of nitrogens with zero attached hydrogens (tertiary/aromatic N) is 2. The summed E-state index contributed by atoms with van der Waals surface area (Å²) < 4.78 is 3.01. The van der Waals surface area contributed by atoms with Crippen LogP contribution in [0.3, 0.4) is 0 Å². The molecule has 3 nitrogen and oxygen atoms in total. The zero-order chi connectivity index (χ0) is 9.84. The van der Waals surface area contributed by atoms with E-state index >= 15 is 0 Å². The smallest absolute Gasteiger partial charge is 0.0739 e. The van der Waals surface area contributed by atoms with Crippen molar-refractivity contribution in [1.82, 2.24) is 15.1 Å². The molecule has 0 atom stereocenters.